The van der Waals surface area contributed by atoms with E-state index < -0.39 is 24.0 Å². The summed E-state index contributed by atoms with van der Waals surface area (Å²) in [5.41, 5.74) is 2.43. The molecule has 2 aromatic rings. The highest BCUT2D eigenvalue weighted by Crippen LogP contribution is 2.29. The number of esters is 1. The van der Waals surface area contributed by atoms with Gasteiger partial charge in [-0.2, -0.15) is 0 Å². The summed E-state index contributed by atoms with van der Waals surface area (Å²) in [5.74, 6) is -0.399. The average molecular weight is 409 g/mol. The van der Waals surface area contributed by atoms with Gasteiger partial charge in [-0.3, -0.25) is 9.69 Å². The Labute approximate surface area is 176 Å². The SMILES string of the molecule is CCOC(=O)C1C(CN(C)Cc2ccccc2)=NC(=O)NC1c1ccc(OC)cc1. The molecule has 2 aromatic carbocycles. The second kappa shape index (κ2) is 10.0. The molecule has 0 radical (unpaired) electrons. The number of aliphatic imine (C=N–C) groups is 1. The summed E-state index contributed by atoms with van der Waals surface area (Å²) in [6.45, 7) is 3.06. The molecular weight excluding hydrogens is 382 g/mol. The number of carbonyl (C=O) groups excluding carboxylic acids is 2. The monoisotopic (exact) mass is 409 g/mol. The van der Waals surface area contributed by atoms with Gasteiger partial charge in [-0.05, 0) is 37.2 Å². The first-order valence-electron chi connectivity index (χ1n) is 9.92. The second-order valence-corrected chi connectivity index (χ2v) is 7.19. The zero-order valence-electron chi connectivity index (χ0n) is 17.5. The van der Waals surface area contributed by atoms with E-state index in [4.69, 9.17) is 9.47 Å². The van der Waals surface area contributed by atoms with Crippen molar-refractivity contribution < 1.29 is 19.1 Å². The number of hydrogen-bond donors (Lipinski definition) is 1. The molecule has 2 atom stereocenters. The van der Waals surface area contributed by atoms with Crippen LogP contribution < -0.4 is 10.1 Å². The van der Waals surface area contributed by atoms with Crippen LogP contribution >= 0.6 is 0 Å². The topological polar surface area (TPSA) is 80.2 Å². The maximum Gasteiger partial charge on any atom is 0.341 e. The summed E-state index contributed by atoms with van der Waals surface area (Å²) in [4.78, 5) is 31.4. The third-order valence-electron chi connectivity index (χ3n) is 4.96. The first-order valence-corrected chi connectivity index (χ1v) is 9.92. The van der Waals surface area contributed by atoms with E-state index >= 15 is 0 Å². The quantitative estimate of drug-likeness (QED) is 0.677. The van der Waals surface area contributed by atoms with Gasteiger partial charge in [0.15, 0.2) is 0 Å². The third-order valence-corrected chi connectivity index (χ3v) is 4.96. The van der Waals surface area contributed by atoms with Crippen molar-refractivity contribution in [1.29, 1.82) is 0 Å². The Hall–Kier alpha value is -3.19. The number of ether oxygens (including phenoxy) is 2. The lowest BCUT2D eigenvalue weighted by atomic mass is 9.87. The van der Waals surface area contributed by atoms with Crippen LogP contribution in [0.3, 0.4) is 0 Å². The van der Waals surface area contributed by atoms with Crippen molar-refractivity contribution in [2.75, 3.05) is 27.3 Å². The Morgan fingerprint density at radius 2 is 1.80 bits per heavy atom. The van der Waals surface area contributed by atoms with Gasteiger partial charge in [0.25, 0.3) is 0 Å². The third kappa shape index (κ3) is 5.24. The van der Waals surface area contributed by atoms with E-state index in [0.29, 0.717) is 24.6 Å². The van der Waals surface area contributed by atoms with Crippen LogP contribution in [0.5, 0.6) is 5.75 Å². The van der Waals surface area contributed by atoms with Gasteiger partial charge in [-0.1, -0.05) is 42.5 Å². The molecule has 1 aliphatic heterocycles. The molecule has 2 amide bonds. The summed E-state index contributed by atoms with van der Waals surface area (Å²) in [5, 5.41) is 2.83. The predicted octanol–water partition coefficient (Wildman–Crippen LogP) is 3.21. The van der Waals surface area contributed by atoms with E-state index in [9.17, 15) is 9.59 Å². The van der Waals surface area contributed by atoms with Crippen molar-refractivity contribution in [3.8, 4) is 5.75 Å². The van der Waals surface area contributed by atoms with E-state index in [1.807, 2.05) is 54.4 Å². The molecule has 3 rings (SSSR count). The second-order valence-electron chi connectivity index (χ2n) is 7.19. The number of hydrogen-bond acceptors (Lipinski definition) is 5. The van der Waals surface area contributed by atoms with E-state index in [0.717, 1.165) is 11.1 Å². The molecule has 158 valence electrons. The minimum atomic E-state index is -0.700. The lowest BCUT2D eigenvalue weighted by Gasteiger charge is -2.32. The molecule has 1 aliphatic rings. The van der Waals surface area contributed by atoms with Crippen LogP contribution in [0.15, 0.2) is 59.6 Å². The van der Waals surface area contributed by atoms with Gasteiger partial charge >= 0.3 is 12.0 Å². The maximum absolute atomic E-state index is 12.9. The van der Waals surface area contributed by atoms with Crippen molar-refractivity contribution in [3.63, 3.8) is 0 Å². The van der Waals surface area contributed by atoms with E-state index in [1.54, 1.807) is 26.2 Å². The summed E-state index contributed by atoms with van der Waals surface area (Å²) < 4.78 is 10.5. The summed E-state index contributed by atoms with van der Waals surface area (Å²) >= 11 is 0. The standard InChI is InChI=1S/C23H27N3O4/c1-4-30-22(27)20-19(15-26(2)14-16-8-6-5-7-9-16)24-23(28)25-21(20)17-10-12-18(29-3)13-11-17/h5-13,20-21H,4,14-15H2,1-3H3,(H,25,28). The molecule has 0 spiro atoms. The summed E-state index contributed by atoms with van der Waals surface area (Å²) in [6, 6.07) is 16.3. The molecule has 1 N–H and O–H groups in total. The number of rotatable bonds is 8. The Bertz CT molecular complexity index is 896. The highest BCUT2D eigenvalue weighted by Gasteiger charge is 2.40. The molecule has 0 fully saturated rings. The molecular formula is C23H27N3O4. The zero-order valence-corrected chi connectivity index (χ0v) is 17.5. The smallest absolute Gasteiger partial charge is 0.341 e. The molecule has 30 heavy (non-hydrogen) atoms. The van der Waals surface area contributed by atoms with E-state index in [2.05, 4.69) is 10.3 Å². The van der Waals surface area contributed by atoms with Gasteiger partial charge in [0.05, 0.1) is 25.5 Å². The number of nitrogens with one attached hydrogen (secondary N) is 1. The average Bonchev–Trinajstić information content (AvgIpc) is 2.74. The van der Waals surface area contributed by atoms with Gasteiger partial charge in [0.1, 0.15) is 11.7 Å². The highest BCUT2D eigenvalue weighted by atomic mass is 16.5. The van der Waals surface area contributed by atoms with Gasteiger partial charge in [0.2, 0.25) is 0 Å². The summed E-state index contributed by atoms with van der Waals surface area (Å²) in [7, 11) is 3.53. The minimum Gasteiger partial charge on any atom is -0.497 e. The fourth-order valence-corrected chi connectivity index (χ4v) is 3.59. The minimum absolute atomic E-state index is 0.256. The number of methoxy groups -OCH3 is 1. The number of nitrogens with zero attached hydrogens (tertiary/aromatic N) is 2. The molecule has 7 heteroatoms. The summed E-state index contributed by atoms with van der Waals surface area (Å²) in [6.07, 6.45) is 0. The predicted molar refractivity (Wildman–Crippen MR) is 115 cm³/mol. The lowest BCUT2D eigenvalue weighted by Crippen LogP contribution is -2.48. The Morgan fingerprint density at radius 3 is 2.43 bits per heavy atom. The van der Waals surface area contributed by atoms with Crippen LogP contribution in [0.25, 0.3) is 0 Å². The molecule has 2 unspecified atom stereocenters. The van der Waals surface area contributed by atoms with Crippen LogP contribution in [0.2, 0.25) is 0 Å². The Balaban J connectivity index is 1.86. The van der Waals surface area contributed by atoms with Gasteiger partial charge in [-0.25, -0.2) is 9.79 Å². The van der Waals surface area contributed by atoms with Gasteiger partial charge in [-0.15, -0.1) is 0 Å². The molecule has 1 heterocycles. The van der Waals surface area contributed by atoms with E-state index in [-0.39, 0.29) is 6.61 Å². The number of urea groups is 1. The van der Waals surface area contributed by atoms with Crippen LogP contribution in [-0.2, 0) is 16.1 Å². The van der Waals surface area contributed by atoms with Gasteiger partial charge in [0, 0.05) is 13.1 Å². The van der Waals surface area contributed by atoms with E-state index in [1.165, 1.54) is 0 Å². The molecule has 7 nitrogen and oxygen atoms in total. The number of benzene rings is 2. The van der Waals surface area contributed by atoms with Crippen LogP contribution in [0.4, 0.5) is 4.79 Å². The first kappa shape index (κ1) is 21.5. The van der Waals surface area contributed by atoms with Crippen LogP contribution in [0, 0.1) is 5.92 Å². The first-order chi connectivity index (χ1) is 14.5. The van der Waals surface area contributed by atoms with Crippen molar-refractivity contribution in [2.45, 2.75) is 19.5 Å². The molecule has 0 saturated carbocycles. The van der Waals surface area contributed by atoms with Crippen LogP contribution in [0.1, 0.15) is 24.1 Å². The molecule has 0 aliphatic carbocycles. The Kier molecular flexibility index (Phi) is 7.19. The molecule has 0 bridgehead atoms. The number of carbonyl (C=O) groups is 2. The largest absolute Gasteiger partial charge is 0.497 e. The normalized spacial score (nSPS) is 18.5. The van der Waals surface area contributed by atoms with Crippen molar-refractivity contribution in [2.24, 2.45) is 10.9 Å². The lowest BCUT2D eigenvalue weighted by molar-refractivity contribution is -0.146. The number of amides is 2. The zero-order chi connectivity index (χ0) is 21.5. The molecule has 0 aromatic heterocycles. The maximum atomic E-state index is 12.9. The Morgan fingerprint density at radius 1 is 1.10 bits per heavy atom. The van der Waals surface area contributed by atoms with Crippen molar-refractivity contribution in [1.82, 2.24) is 10.2 Å². The van der Waals surface area contributed by atoms with Crippen molar-refractivity contribution in [3.05, 3.63) is 65.7 Å². The van der Waals surface area contributed by atoms with Crippen molar-refractivity contribution >= 4 is 17.7 Å². The van der Waals surface area contributed by atoms with Gasteiger partial charge < -0.3 is 14.8 Å². The highest BCUT2D eigenvalue weighted by molar-refractivity contribution is 6.10. The molecule has 0 saturated heterocycles. The van der Waals surface area contributed by atoms with Crippen LogP contribution in [-0.4, -0.2) is 49.9 Å². The fourth-order valence-electron chi connectivity index (χ4n) is 3.59. The fraction of sp³-hybridized carbons (Fsp3) is 0.348.